The lowest BCUT2D eigenvalue weighted by Gasteiger charge is -2.21. The molecule has 1 aromatic heterocycles. The summed E-state index contributed by atoms with van der Waals surface area (Å²) in [7, 11) is -3.53. The maximum Gasteiger partial charge on any atom is 0.245 e. The summed E-state index contributed by atoms with van der Waals surface area (Å²) in [6.45, 7) is 5.26. The monoisotopic (exact) mass is 320 g/mol. The van der Waals surface area contributed by atoms with Gasteiger partial charge >= 0.3 is 0 Å². The number of rotatable bonds is 6. The number of aryl methyl sites for hydroxylation is 2. The van der Waals surface area contributed by atoms with Gasteiger partial charge in [0.2, 0.25) is 10.0 Å². The fraction of sp³-hybridized carbons (Fsp3) is 0.750. The topological polar surface area (TPSA) is 81.4 Å². The van der Waals surface area contributed by atoms with Gasteiger partial charge in [-0.15, -0.1) is 0 Å². The van der Waals surface area contributed by atoms with E-state index in [0.29, 0.717) is 23.2 Å². The first-order valence-electron chi connectivity index (χ1n) is 6.62. The standard InChI is InChI=1S/C12H20N2O4S2/c1-9-12(10(2)18-14-9)20(15,16)13-5-8-19-11-3-6-17-7-4-11/h11,13H,3-8H2,1-2H3. The molecule has 1 fully saturated rings. The second-order valence-electron chi connectivity index (χ2n) is 4.73. The second kappa shape index (κ2) is 6.93. The molecule has 0 saturated carbocycles. The van der Waals surface area contributed by atoms with Gasteiger partial charge in [-0.25, -0.2) is 13.1 Å². The van der Waals surface area contributed by atoms with Crippen LogP contribution in [0.3, 0.4) is 0 Å². The van der Waals surface area contributed by atoms with Crippen LogP contribution in [0.15, 0.2) is 9.42 Å². The van der Waals surface area contributed by atoms with Crippen LogP contribution in [-0.4, -0.2) is 44.3 Å². The van der Waals surface area contributed by atoms with E-state index in [0.717, 1.165) is 31.8 Å². The summed E-state index contributed by atoms with van der Waals surface area (Å²) in [5.74, 6) is 1.08. The van der Waals surface area contributed by atoms with Crippen molar-refractivity contribution in [3.8, 4) is 0 Å². The van der Waals surface area contributed by atoms with Crippen molar-refractivity contribution >= 4 is 21.8 Å². The van der Waals surface area contributed by atoms with Crippen molar-refractivity contribution in [3.05, 3.63) is 11.5 Å². The summed E-state index contributed by atoms with van der Waals surface area (Å²) in [4.78, 5) is 0.161. The molecule has 114 valence electrons. The van der Waals surface area contributed by atoms with Gasteiger partial charge in [-0.05, 0) is 26.7 Å². The van der Waals surface area contributed by atoms with Gasteiger partial charge in [0.25, 0.3) is 0 Å². The zero-order valence-corrected chi connectivity index (χ0v) is 13.3. The highest BCUT2D eigenvalue weighted by atomic mass is 32.2. The molecule has 0 unspecified atom stereocenters. The number of ether oxygens (including phenoxy) is 1. The summed E-state index contributed by atoms with van der Waals surface area (Å²) in [6, 6.07) is 0. The molecule has 0 aliphatic carbocycles. The Bertz CT molecular complexity index is 516. The van der Waals surface area contributed by atoms with Crippen LogP contribution < -0.4 is 4.72 Å². The quantitative estimate of drug-likeness (QED) is 0.800. The van der Waals surface area contributed by atoms with Crippen LogP contribution in [0, 0.1) is 13.8 Å². The lowest BCUT2D eigenvalue weighted by atomic mass is 10.2. The van der Waals surface area contributed by atoms with Crippen molar-refractivity contribution in [2.45, 2.75) is 36.8 Å². The smallest absolute Gasteiger partial charge is 0.245 e. The minimum atomic E-state index is -3.53. The van der Waals surface area contributed by atoms with Crippen molar-refractivity contribution in [1.82, 2.24) is 9.88 Å². The summed E-state index contributed by atoms with van der Waals surface area (Å²) in [5, 5.41) is 4.25. The first kappa shape index (κ1) is 15.8. The van der Waals surface area contributed by atoms with Gasteiger partial charge in [-0.1, -0.05) is 5.16 Å². The molecule has 2 rings (SSSR count). The molecule has 1 aromatic rings. The van der Waals surface area contributed by atoms with Crippen molar-refractivity contribution in [2.24, 2.45) is 0 Å². The Morgan fingerprint density at radius 3 is 2.65 bits per heavy atom. The second-order valence-corrected chi connectivity index (χ2v) is 7.85. The Kier molecular flexibility index (Phi) is 5.48. The van der Waals surface area contributed by atoms with Crippen molar-refractivity contribution in [2.75, 3.05) is 25.5 Å². The van der Waals surface area contributed by atoms with Gasteiger partial charge in [0, 0.05) is 30.8 Å². The van der Waals surface area contributed by atoms with E-state index < -0.39 is 10.0 Å². The van der Waals surface area contributed by atoms with Crippen molar-refractivity contribution in [3.63, 3.8) is 0 Å². The lowest BCUT2D eigenvalue weighted by Crippen LogP contribution is -2.28. The molecule has 1 N–H and O–H groups in total. The maximum absolute atomic E-state index is 12.1. The van der Waals surface area contributed by atoms with Crippen LogP contribution in [0.1, 0.15) is 24.3 Å². The number of thioether (sulfide) groups is 1. The van der Waals surface area contributed by atoms with Gasteiger partial charge in [-0.3, -0.25) is 0 Å². The number of hydrogen-bond donors (Lipinski definition) is 1. The minimum absolute atomic E-state index is 0.161. The fourth-order valence-electron chi connectivity index (χ4n) is 2.17. The Labute approximate surface area is 123 Å². The molecule has 0 aromatic carbocycles. The molecule has 0 radical (unpaired) electrons. The van der Waals surface area contributed by atoms with E-state index in [2.05, 4.69) is 9.88 Å². The SMILES string of the molecule is Cc1noc(C)c1S(=O)(=O)NCCSC1CCOCC1. The molecule has 2 heterocycles. The molecule has 20 heavy (non-hydrogen) atoms. The highest BCUT2D eigenvalue weighted by molar-refractivity contribution is 8.00. The highest BCUT2D eigenvalue weighted by Gasteiger charge is 2.23. The molecule has 0 atom stereocenters. The predicted octanol–water partition coefficient (Wildman–Crippen LogP) is 1.48. The molecule has 0 amide bonds. The van der Waals surface area contributed by atoms with E-state index in [-0.39, 0.29) is 4.90 Å². The van der Waals surface area contributed by atoms with E-state index in [1.165, 1.54) is 0 Å². The number of nitrogens with zero attached hydrogens (tertiary/aromatic N) is 1. The molecular weight excluding hydrogens is 300 g/mol. The van der Waals surface area contributed by atoms with Crippen molar-refractivity contribution < 1.29 is 17.7 Å². The molecule has 1 saturated heterocycles. The largest absolute Gasteiger partial charge is 0.381 e. The van der Waals surface area contributed by atoms with E-state index in [1.54, 1.807) is 25.6 Å². The van der Waals surface area contributed by atoms with Crippen LogP contribution in [-0.2, 0) is 14.8 Å². The minimum Gasteiger partial charge on any atom is -0.381 e. The summed E-state index contributed by atoms with van der Waals surface area (Å²) in [6.07, 6.45) is 2.09. The number of aromatic nitrogens is 1. The molecule has 1 aliphatic rings. The van der Waals surface area contributed by atoms with E-state index >= 15 is 0 Å². The number of hydrogen-bond acceptors (Lipinski definition) is 6. The fourth-order valence-corrected chi connectivity index (χ4v) is 4.74. The van der Waals surface area contributed by atoms with Crippen LogP contribution in [0.25, 0.3) is 0 Å². The van der Waals surface area contributed by atoms with Gasteiger partial charge in [0.15, 0.2) is 5.76 Å². The van der Waals surface area contributed by atoms with E-state index in [1.807, 2.05) is 0 Å². The average molecular weight is 320 g/mol. The van der Waals surface area contributed by atoms with E-state index in [4.69, 9.17) is 9.26 Å². The van der Waals surface area contributed by atoms with Crippen LogP contribution in [0.2, 0.25) is 0 Å². The number of nitrogens with one attached hydrogen (secondary N) is 1. The van der Waals surface area contributed by atoms with Gasteiger partial charge in [0.1, 0.15) is 10.6 Å². The van der Waals surface area contributed by atoms with Crippen LogP contribution in [0.5, 0.6) is 0 Å². The molecule has 0 bridgehead atoms. The summed E-state index contributed by atoms with van der Waals surface area (Å²) < 4.78 is 37.1. The number of sulfonamides is 1. The molecular formula is C12H20N2O4S2. The van der Waals surface area contributed by atoms with E-state index in [9.17, 15) is 8.42 Å². The highest BCUT2D eigenvalue weighted by Crippen LogP contribution is 2.22. The zero-order valence-electron chi connectivity index (χ0n) is 11.7. The maximum atomic E-state index is 12.1. The zero-order chi connectivity index (χ0) is 14.6. The van der Waals surface area contributed by atoms with Crippen LogP contribution >= 0.6 is 11.8 Å². The molecule has 1 aliphatic heterocycles. The normalized spacial score (nSPS) is 17.5. The van der Waals surface area contributed by atoms with Gasteiger partial charge in [-0.2, -0.15) is 11.8 Å². The van der Waals surface area contributed by atoms with Crippen molar-refractivity contribution in [1.29, 1.82) is 0 Å². The lowest BCUT2D eigenvalue weighted by molar-refractivity contribution is 0.100. The Morgan fingerprint density at radius 1 is 1.35 bits per heavy atom. The Morgan fingerprint density at radius 2 is 2.05 bits per heavy atom. The molecule has 6 nitrogen and oxygen atoms in total. The predicted molar refractivity (Wildman–Crippen MR) is 77.5 cm³/mol. The first-order chi connectivity index (χ1) is 9.50. The third-order valence-corrected chi connectivity index (χ3v) is 6.24. The van der Waals surface area contributed by atoms with Crippen LogP contribution in [0.4, 0.5) is 0 Å². The third kappa shape index (κ3) is 3.97. The molecule has 8 heteroatoms. The summed E-state index contributed by atoms with van der Waals surface area (Å²) in [5.41, 5.74) is 0.395. The van der Waals surface area contributed by atoms with Gasteiger partial charge in [0.05, 0.1) is 0 Å². The molecule has 0 spiro atoms. The Hall–Kier alpha value is -0.570. The first-order valence-corrected chi connectivity index (χ1v) is 9.16. The average Bonchev–Trinajstić information content (AvgIpc) is 2.76. The Balaban J connectivity index is 1.81. The third-order valence-electron chi connectivity index (χ3n) is 3.15. The van der Waals surface area contributed by atoms with Gasteiger partial charge < -0.3 is 9.26 Å². The summed E-state index contributed by atoms with van der Waals surface area (Å²) >= 11 is 1.80.